The lowest BCUT2D eigenvalue weighted by molar-refractivity contribution is -0.117. The van der Waals surface area contributed by atoms with Gasteiger partial charge in [-0.25, -0.2) is 0 Å². The number of hydrogen-bond donors (Lipinski definition) is 0. The Kier molecular flexibility index (Phi) is 10.7. The Hall–Kier alpha value is -1.37. The molecule has 0 rings (SSSR count). The van der Waals surface area contributed by atoms with Crippen molar-refractivity contribution in [2.24, 2.45) is 0 Å². The zero-order valence-corrected chi connectivity index (χ0v) is 10.2. The van der Waals surface area contributed by atoms with Crippen LogP contribution in [0.2, 0.25) is 0 Å². The number of carbonyl (C=O) groups is 1. The van der Waals surface area contributed by atoms with Crippen LogP contribution < -0.4 is 0 Å². The third-order valence-electron chi connectivity index (χ3n) is 2.05. The molecular formula is C15H22O. The van der Waals surface area contributed by atoms with E-state index in [0.29, 0.717) is 6.42 Å². The molecular weight excluding hydrogens is 196 g/mol. The van der Waals surface area contributed by atoms with Gasteiger partial charge in [-0.1, -0.05) is 49.1 Å². The van der Waals surface area contributed by atoms with Gasteiger partial charge >= 0.3 is 0 Å². The van der Waals surface area contributed by atoms with Gasteiger partial charge in [0, 0.05) is 6.42 Å². The molecule has 16 heavy (non-hydrogen) atoms. The fourth-order valence-corrected chi connectivity index (χ4v) is 1.21. The van der Waals surface area contributed by atoms with Crippen LogP contribution in [0.15, 0.2) is 49.1 Å². The first kappa shape index (κ1) is 14.6. The molecule has 0 heterocycles. The molecule has 0 atom stereocenters. The van der Waals surface area contributed by atoms with Crippen LogP contribution >= 0.6 is 0 Å². The van der Waals surface area contributed by atoms with Crippen LogP contribution in [-0.2, 0) is 4.79 Å². The number of ketones is 1. The van der Waals surface area contributed by atoms with Crippen LogP contribution in [0.3, 0.4) is 0 Å². The van der Waals surface area contributed by atoms with Gasteiger partial charge in [-0.3, -0.25) is 0 Å². The van der Waals surface area contributed by atoms with E-state index in [2.05, 4.69) is 37.0 Å². The van der Waals surface area contributed by atoms with Crippen LogP contribution in [0.1, 0.15) is 39.0 Å². The van der Waals surface area contributed by atoms with E-state index >= 15 is 0 Å². The van der Waals surface area contributed by atoms with E-state index in [0.717, 1.165) is 25.7 Å². The maximum absolute atomic E-state index is 10.7. The molecule has 1 nitrogen and oxygen atoms in total. The standard InChI is InChI=1S/C15H22O/c1-3-4-5-6-7-8-9-10-11-12-13-14-15(2)16/h3-5,7-8,10-11H,1,6,9,12-14H2,2H3/b5-4-,8-7-,11-10-. The monoisotopic (exact) mass is 218 g/mol. The molecule has 0 aromatic heterocycles. The first-order chi connectivity index (χ1) is 7.77. The minimum Gasteiger partial charge on any atom is -0.300 e. The summed E-state index contributed by atoms with van der Waals surface area (Å²) in [5, 5.41) is 0. The van der Waals surface area contributed by atoms with Gasteiger partial charge in [0.25, 0.3) is 0 Å². The Morgan fingerprint density at radius 2 is 1.69 bits per heavy atom. The van der Waals surface area contributed by atoms with Crippen LogP contribution in [0.4, 0.5) is 0 Å². The summed E-state index contributed by atoms with van der Waals surface area (Å²) < 4.78 is 0. The molecule has 0 unspecified atom stereocenters. The van der Waals surface area contributed by atoms with Gasteiger partial charge in [0.05, 0.1) is 0 Å². The second-order valence-electron chi connectivity index (χ2n) is 3.67. The third kappa shape index (κ3) is 12.6. The van der Waals surface area contributed by atoms with Crippen LogP contribution in [0.25, 0.3) is 0 Å². The van der Waals surface area contributed by atoms with E-state index in [4.69, 9.17) is 0 Å². The fourth-order valence-electron chi connectivity index (χ4n) is 1.21. The summed E-state index contributed by atoms with van der Waals surface area (Å²) in [6, 6.07) is 0. The van der Waals surface area contributed by atoms with Crippen molar-refractivity contribution in [1.29, 1.82) is 0 Å². The third-order valence-corrected chi connectivity index (χ3v) is 2.05. The van der Waals surface area contributed by atoms with Crippen molar-refractivity contribution < 1.29 is 4.79 Å². The molecule has 1 heteroatoms. The molecule has 0 spiro atoms. The van der Waals surface area contributed by atoms with E-state index in [1.165, 1.54) is 0 Å². The quantitative estimate of drug-likeness (QED) is 0.319. The molecule has 0 radical (unpaired) electrons. The lowest BCUT2D eigenvalue weighted by Gasteiger charge is -1.90. The second kappa shape index (κ2) is 11.7. The van der Waals surface area contributed by atoms with E-state index in [1.807, 2.05) is 6.08 Å². The van der Waals surface area contributed by atoms with Crippen LogP contribution in [0.5, 0.6) is 0 Å². The fraction of sp³-hybridized carbons (Fsp3) is 0.400. The van der Waals surface area contributed by atoms with Gasteiger partial charge in [0.15, 0.2) is 0 Å². The smallest absolute Gasteiger partial charge is 0.129 e. The summed E-state index contributed by atoms with van der Waals surface area (Å²) in [5.74, 6) is 0.280. The molecule has 0 fully saturated rings. The average molecular weight is 218 g/mol. The van der Waals surface area contributed by atoms with Crippen molar-refractivity contribution in [3.63, 3.8) is 0 Å². The van der Waals surface area contributed by atoms with Gasteiger partial charge in [-0.2, -0.15) is 0 Å². The highest BCUT2D eigenvalue weighted by Gasteiger charge is 1.89. The highest BCUT2D eigenvalue weighted by molar-refractivity contribution is 5.75. The maximum Gasteiger partial charge on any atom is 0.129 e. The molecule has 0 aliphatic rings. The van der Waals surface area contributed by atoms with Crippen molar-refractivity contribution in [3.8, 4) is 0 Å². The van der Waals surface area contributed by atoms with Gasteiger partial charge in [0.2, 0.25) is 0 Å². The Labute approximate surface area is 99.3 Å². The zero-order chi connectivity index (χ0) is 12.1. The second-order valence-corrected chi connectivity index (χ2v) is 3.67. The van der Waals surface area contributed by atoms with Crippen molar-refractivity contribution in [3.05, 3.63) is 49.1 Å². The molecule has 0 aromatic rings. The highest BCUT2D eigenvalue weighted by Crippen LogP contribution is 1.99. The number of Topliss-reactive ketones (excluding diaryl/α,β-unsaturated/α-hetero) is 1. The number of rotatable bonds is 9. The summed E-state index contributed by atoms with van der Waals surface area (Å²) >= 11 is 0. The summed E-state index contributed by atoms with van der Waals surface area (Å²) in [6.45, 7) is 5.24. The lowest BCUT2D eigenvalue weighted by atomic mass is 10.2. The molecule has 0 aliphatic carbocycles. The van der Waals surface area contributed by atoms with Crippen LogP contribution in [-0.4, -0.2) is 5.78 Å². The summed E-state index contributed by atoms with van der Waals surface area (Å²) in [7, 11) is 0. The summed E-state index contributed by atoms with van der Waals surface area (Å²) in [5.41, 5.74) is 0. The van der Waals surface area contributed by atoms with E-state index in [1.54, 1.807) is 13.0 Å². The Bertz CT molecular complexity index is 269. The highest BCUT2D eigenvalue weighted by atomic mass is 16.1. The van der Waals surface area contributed by atoms with Gasteiger partial charge < -0.3 is 4.79 Å². The average Bonchev–Trinajstić information content (AvgIpc) is 2.25. The molecule has 0 aliphatic heterocycles. The minimum absolute atomic E-state index is 0.280. The predicted octanol–water partition coefficient (Wildman–Crippen LogP) is 4.38. The van der Waals surface area contributed by atoms with Gasteiger partial charge in [-0.15, -0.1) is 0 Å². The van der Waals surface area contributed by atoms with E-state index in [9.17, 15) is 4.79 Å². The molecule has 0 saturated carbocycles. The van der Waals surface area contributed by atoms with Crippen molar-refractivity contribution >= 4 is 5.78 Å². The Balaban J connectivity index is 3.36. The normalized spacial score (nSPS) is 11.8. The number of carbonyl (C=O) groups excluding carboxylic acids is 1. The maximum atomic E-state index is 10.7. The predicted molar refractivity (Wildman–Crippen MR) is 71.4 cm³/mol. The lowest BCUT2D eigenvalue weighted by Crippen LogP contribution is -1.87. The van der Waals surface area contributed by atoms with Crippen molar-refractivity contribution in [2.75, 3.05) is 0 Å². The van der Waals surface area contributed by atoms with Gasteiger partial charge in [0.1, 0.15) is 5.78 Å². The molecule has 0 amide bonds. The van der Waals surface area contributed by atoms with E-state index in [-0.39, 0.29) is 5.78 Å². The Morgan fingerprint density at radius 1 is 1.06 bits per heavy atom. The van der Waals surface area contributed by atoms with Crippen molar-refractivity contribution in [2.45, 2.75) is 39.0 Å². The number of unbranched alkanes of at least 4 members (excludes halogenated alkanes) is 1. The molecule has 0 aromatic carbocycles. The summed E-state index contributed by atoms with van der Waals surface area (Å²) in [4.78, 5) is 10.7. The first-order valence-electron chi connectivity index (χ1n) is 5.84. The van der Waals surface area contributed by atoms with E-state index < -0.39 is 0 Å². The molecule has 88 valence electrons. The van der Waals surface area contributed by atoms with Crippen LogP contribution in [0, 0.1) is 0 Å². The van der Waals surface area contributed by atoms with Gasteiger partial charge in [-0.05, 0) is 32.6 Å². The minimum atomic E-state index is 0.280. The summed E-state index contributed by atoms with van der Waals surface area (Å²) in [6.07, 6.45) is 19.0. The Morgan fingerprint density at radius 3 is 2.31 bits per heavy atom. The zero-order valence-electron chi connectivity index (χ0n) is 10.2. The molecule has 0 N–H and O–H groups in total. The topological polar surface area (TPSA) is 17.1 Å². The molecule has 0 saturated heterocycles. The first-order valence-corrected chi connectivity index (χ1v) is 5.84. The number of hydrogen-bond acceptors (Lipinski definition) is 1. The van der Waals surface area contributed by atoms with Crippen molar-refractivity contribution in [1.82, 2.24) is 0 Å². The largest absolute Gasteiger partial charge is 0.300 e. The molecule has 0 bridgehead atoms. The SMILES string of the molecule is C=C/C=C\C/C=C\C/C=C\CCCC(C)=O. The number of allylic oxidation sites excluding steroid dienone is 7.